The van der Waals surface area contributed by atoms with Crippen LogP contribution in [-0.4, -0.2) is 23.2 Å². The fraction of sp³-hybridized carbons (Fsp3) is 0.167. The second kappa shape index (κ2) is 6.10. The van der Waals surface area contributed by atoms with Gasteiger partial charge in [-0.1, -0.05) is 6.07 Å². The largest absolute Gasteiger partial charge is 0.478 e. The lowest BCUT2D eigenvalue weighted by molar-refractivity contribution is -0.131. The minimum Gasteiger partial charge on any atom is -0.478 e. The Hall–Kier alpha value is -1.75. The maximum absolute atomic E-state index is 11.0. The van der Waals surface area contributed by atoms with Gasteiger partial charge >= 0.3 is 5.97 Å². The number of thioether (sulfide) groups is 1. The summed E-state index contributed by atoms with van der Waals surface area (Å²) in [7, 11) is 0. The fourth-order valence-corrected chi connectivity index (χ4v) is 1.71. The molecule has 0 radical (unpaired) electrons. The number of anilines is 1. The van der Waals surface area contributed by atoms with Crippen LogP contribution < -0.4 is 5.32 Å². The van der Waals surface area contributed by atoms with E-state index < -0.39 is 5.97 Å². The molecule has 0 aliphatic heterocycles. The highest BCUT2D eigenvalue weighted by molar-refractivity contribution is 7.98. The first-order valence-corrected chi connectivity index (χ1v) is 6.12. The molecule has 0 saturated carbocycles. The van der Waals surface area contributed by atoms with Crippen molar-refractivity contribution in [2.45, 2.75) is 11.8 Å². The molecule has 0 saturated heterocycles. The minimum absolute atomic E-state index is 0.187. The summed E-state index contributed by atoms with van der Waals surface area (Å²) in [5, 5.41) is 11.2. The lowest BCUT2D eigenvalue weighted by Crippen LogP contribution is -2.07. The third-order valence-electron chi connectivity index (χ3n) is 1.98. The van der Waals surface area contributed by atoms with Gasteiger partial charge < -0.3 is 10.4 Å². The molecule has 0 atom stereocenters. The second-order valence-electron chi connectivity index (χ2n) is 3.31. The van der Waals surface area contributed by atoms with Gasteiger partial charge in [0, 0.05) is 23.6 Å². The number of carboxylic acids is 1. The first-order valence-electron chi connectivity index (χ1n) is 4.89. The summed E-state index contributed by atoms with van der Waals surface area (Å²) >= 11 is 1.55. The van der Waals surface area contributed by atoms with Gasteiger partial charge in [0.25, 0.3) is 0 Å². The van der Waals surface area contributed by atoms with Crippen LogP contribution in [0.25, 0.3) is 6.08 Å². The predicted octanol–water partition coefficient (Wildman–Crippen LogP) is 2.46. The van der Waals surface area contributed by atoms with Crippen LogP contribution in [0.5, 0.6) is 0 Å². The molecule has 90 valence electrons. The van der Waals surface area contributed by atoms with Crippen molar-refractivity contribution in [1.29, 1.82) is 0 Å². The monoisotopic (exact) mass is 251 g/mol. The average Bonchev–Trinajstić information content (AvgIpc) is 2.26. The van der Waals surface area contributed by atoms with Crippen molar-refractivity contribution >= 4 is 35.4 Å². The van der Waals surface area contributed by atoms with Crippen LogP contribution in [0, 0.1) is 0 Å². The molecule has 0 aromatic heterocycles. The Bertz CT molecular complexity index is 469. The lowest BCUT2D eigenvalue weighted by atomic mass is 10.1. The van der Waals surface area contributed by atoms with Gasteiger partial charge in [-0.05, 0) is 30.0 Å². The van der Waals surface area contributed by atoms with E-state index in [1.807, 2.05) is 18.4 Å². The standard InChI is InChI=1S/C12H13NO3S/c1-8(14)13-11-7-10(17-2)5-3-9(11)4-6-12(15)16/h3-7H,1-2H3,(H,13,14)(H,15,16). The molecule has 1 amide bonds. The van der Waals surface area contributed by atoms with Crippen LogP contribution in [0.4, 0.5) is 5.69 Å². The van der Waals surface area contributed by atoms with Crippen molar-refractivity contribution in [2.75, 3.05) is 11.6 Å². The molecule has 4 nitrogen and oxygen atoms in total. The molecular formula is C12H13NO3S. The van der Waals surface area contributed by atoms with Crippen molar-refractivity contribution < 1.29 is 14.7 Å². The van der Waals surface area contributed by atoms with Gasteiger partial charge in [-0.25, -0.2) is 4.79 Å². The van der Waals surface area contributed by atoms with Crippen molar-refractivity contribution in [2.24, 2.45) is 0 Å². The summed E-state index contributed by atoms with van der Waals surface area (Å²) in [5.41, 5.74) is 1.28. The van der Waals surface area contributed by atoms with E-state index in [4.69, 9.17) is 5.11 Å². The summed E-state index contributed by atoms with van der Waals surface area (Å²) in [6, 6.07) is 5.46. The maximum atomic E-state index is 11.0. The Morgan fingerprint density at radius 2 is 2.12 bits per heavy atom. The normalized spacial score (nSPS) is 10.5. The molecule has 0 aliphatic carbocycles. The summed E-state index contributed by atoms with van der Waals surface area (Å²) in [6.45, 7) is 1.41. The zero-order valence-electron chi connectivity index (χ0n) is 9.56. The topological polar surface area (TPSA) is 66.4 Å². The Labute approximate surface area is 104 Å². The average molecular weight is 251 g/mol. The summed E-state index contributed by atoms with van der Waals surface area (Å²) in [6.07, 6.45) is 4.43. The Balaban J connectivity index is 3.09. The van der Waals surface area contributed by atoms with Crippen LogP contribution >= 0.6 is 11.8 Å². The first-order chi connectivity index (χ1) is 8.02. The summed E-state index contributed by atoms with van der Waals surface area (Å²) in [5.74, 6) is -1.21. The van der Waals surface area contributed by atoms with E-state index in [2.05, 4.69) is 5.32 Å². The van der Waals surface area contributed by atoms with E-state index in [-0.39, 0.29) is 5.91 Å². The van der Waals surface area contributed by atoms with E-state index in [0.29, 0.717) is 11.3 Å². The molecule has 0 bridgehead atoms. The van der Waals surface area contributed by atoms with Crippen molar-refractivity contribution in [3.8, 4) is 0 Å². The molecule has 2 N–H and O–H groups in total. The molecule has 17 heavy (non-hydrogen) atoms. The SMILES string of the molecule is CSc1ccc(C=CC(=O)O)c(NC(C)=O)c1. The number of aliphatic carboxylic acids is 1. The van der Waals surface area contributed by atoms with Gasteiger partial charge in [0.2, 0.25) is 5.91 Å². The third-order valence-corrected chi connectivity index (χ3v) is 2.70. The van der Waals surface area contributed by atoms with E-state index in [1.165, 1.54) is 13.0 Å². The second-order valence-corrected chi connectivity index (χ2v) is 4.19. The number of carbonyl (C=O) groups excluding carboxylic acids is 1. The molecule has 5 heteroatoms. The Kier molecular flexibility index (Phi) is 4.78. The van der Waals surface area contributed by atoms with Crippen LogP contribution in [-0.2, 0) is 9.59 Å². The van der Waals surface area contributed by atoms with Crippen LogP contribution in [0.15, 0.2) is 29.2 Å². The number of benzene rings is 1. The molecule has 0 spiro atoms. The number of rotatable bonds is 4. The number of carboxylic acid groups (broad SMARTS) is 1. The van der Waals surface area contributed by atoms with Gasteiger partial charge in [0.05, 0.1) is 0 Å². The number of hydrogen-bond donors (Lipinski definition) is 2. The molecule has 0 unspecified atom stereocenters. The fourth-order valence-electron chi connectivity index (χ4n) is 1.27. The maximum Gasteiger partial charge on any atom is 0.328 e. The van der Waals surface area contributed by atoms with Crippen LogP contribution in [0.3, 0.4) is 0 Å². The van der Waals surface area contributed by atoms with Gasteiger partial charge in [0.15, 0.2) is 0 Å². The molecule has 0 aliphatic rings. The number of amides is 1. The van der Waals surface area contributed by atoms with E-state index in [0.717, 1.165) is 11.0 Å². The molecule has 1 aromatic rings. The van der Waals surface area contributed by atoms with E-state index in [1.54, 1.807) is 17.8 Å². The highest BCUT2D eigenvalue weighted by Gasteiger charge is 2.03. The highest BCUT2D eigenvalue weighted by Crippen LogP contribution is 2.24. The van der Waals surface area contributed by atoms with Crippen molar-refractivity contribution in [3.63, 3.8) is 0 Å². The zero-order chi connectivity index (χ0) is 12.8. The summed E-state index contributed by atoms with van der Waals surface area (Å²) < 4.78 is 0. The van der Waals surface area contributed by atoms with Gasteiger partial charge in [-0.3, -0.25) is 4.79 Å². The van der Waals surface area contributed by atoms with Gasteiger partial charge in [-0.2, -0.15) is 0 Å². The Morgan fingerprint density at radius 1 is 1.41 bits per heavy atom. The highest BCUT2D eigenvalue weighted by atomic mass is 32.2. The first kappa shape index (κ1) is 13.3. The van der Waals surface area contributed by atoms with Gasteiger partial charge in [-0.15, -0.1) is 11.8 Å². The predicted molar refractivity (Wildman–Crippen MR) is 69.2 cm³/mol. The van der Waals surface area contributed by atoms with E-state index in [9.17, 15) is 9.59 Å². The molecule has 0 heterocycles. The minimum atomic E-state index is -1.02. The third kappa shape index (κ3) is 4.32. The zero-order valence-corrected chi connectivity index (χ0v) is 10.4. The molecule has 1 rings (SSSR count). The van der Waals surface area contributed by atoms with Crippen molar-refractivity contribution in [3.05, 3.63) is 29.8 Å². The van der Waals surface area contributed by atoms with Crippen molar-refractivity contribution in [1.82, 2.24) is 0 Å². The Morgan fingerprint density at radius 3 is 2.65 bits per heavy atom. The quantitative estimate of drug-likeness (QED) is 0.637. The molecular weight excluding hydrogens is 238 g/mol. The van der Waals surface area contributed by atoms with Gasteiger partial charge in [0.1, 0.15) is 0 Å². The van der Waals surface area contributed by atoms with E-state index >= 15 is 0 Å². The van der Waals surface area contributed by atoms with Crippen LogP contribution in [0.2, 0.25) is 0 Å². The smallest absolute Gasteiger partial charge is 0.328 e. The molecule has 0 fully saturated rings. The molecule has 1 aromatic carbocycles. The summed E-state index contributed by atoms with van der Waals surface area (Å²) in [4.78, 5) is 22.5. The van der Waals surface area contributed by atoms with Crippen LogP contribution in [0.1, 0.15) is 12.5 Å². The number of hydrogen-bond acceptors (Lipinski definition) is 3. The lowest BCUT2D eigenvalue weighted by Gasteiger charge is -2.08. The number of carbonyl (C=O) groups is 2. The number of nitrogens with one attached hydrogen (secondary N) is 1.